The van der Waals surface area contributed by atoms with Crippen LogP contribution in [0.15, 0.2) is 11.2 Å². The molecule has 0 aliphatic carbocycles. The SMILES string of the molecule is Fc1cnc2n1CCN=C2. The summed E-state index contributed by atoms with van der Waals surface area (Å²) in [4.78, 5) is 7.75. The van der Waals surface area contributed by atoms with Gasteiger partial charge in [0.15, 0.2) is 5.82 Å². The van der Waals surface area contributed by atoms with Crippen molar-refractivity contribution in [2.75, 3.05) is 6.54 Å². The van der Waals surface area contributed by atoms with Crippen molar-refractivity contribution in [1.82, 2.24) is 9.55 Å². The summed E-state index contributed by atoms with van der Waals surface area (Å²) in [5.41, 5.74) is 0. The van der Waals surface area contributed by atoms with Crippen molar-refractivity contribution >= 4 is 6.21 Å². The van der Waals surface area contributed by atoms with Crippen LogP contribution in [-0.4, -0.2) is 22.3 Å². The molecule has 0 atom stereocenters. The van der Waals surface area contributed by atoms with Crippen molar-refractivity contribution in [2.45, 2.75) is 6.54 Å². The predicted octanol–water partition coefficient (Wildman–Crippen LogP) is 0.455. The van der Waals surface area contributed by atoms with Crippen LogP contribution in [0.2, 0.25) is 0 Å². The minimum Gasteiger partial charge on any atom is -0.298 e. The first-order valence-electron chi connectivity index (χ1n) is 3.09. The topological polar surface area (TPSA) is 30.2 Å². The number of halogens is 1. The first-order chi connectivity index (χ1) is 4.88. The van der Waals surface area contributed by atoms with Crippen LogP contribution in [0.3, 0.4) is 0 Å². The summed E-state index contributed by atoms with van der Waals surface area (Å²) in [6.07, 6.45) is 2.80. The zero-order valence-electron chi connectivity index (χ0n) is 5.29. The van der Waals surface area contributed by atoms with Gasteiger partial charge < -0.3 is 0 Å². The van der Waals surface area contributed by atoms with Crippen molar-refractivity contribution in [1.29, 1.82) is 0 Å². The molecule has 0 saturated heterocycles. The molecule has 1 aliphatic heterocycles. The Morgan fingerprint density at radius 3 is 3.30 bits per heavy atom. The van der Waals surface area contributed by atoms with Crippen LogP contribution < -0.4 is 0 Å². The zero-order valence-corrected chi connectivity index (χ0v) is 5.29. The molecule has 2 heterocycles. The fraction of sp³-hybridized carbons (Fsp3) is 0.333. The van der Waals surface area contributed by atoms with Crippen LogP contribution >= 0.6 is 0 Å². The van der Waals surface area contributed by atoms with E-state index in [2.05, 4.69) is 9.98 Å². The minimum absolute atomic E-state index is 0.277. The number of hydrogen-bond acceptors (Lipinski definition) is 2. The van der Waals surface area contributed by atoms with E-state index in [0.717, 1.165) is 0 Å². The average molecular weight is 139 g/mol. The van der Waals surface area contributed by atoms with Gasteiger partial charge in [-0.2, -0.15) is 4.39 Å². The fourth-order valence-electron chi connectivity index (χ4n) is 0.997. The van der Waals surface area contributed by atoms with Gasteiger partial charge in [0, 0.05) is 6.54 Å². The second-order valence-corrected chi connectivity index (χ2v) is 2.13. The maximum atomic E-state index is 12.7. The molecule has 0 aromatic carbocycles. The van der Waals surface area contributed by atoms with Gasteiger partial charge in [-0.05, 0) is 0 Å². The molecule has 0 unspecified atom stereocenters. The molecule has 1 aromatic rings. The van der Waals surface area contributed by atoms with E-state index in [4.69, 9.17) is 0 Å². The summed E-state index contributed by atoms with van der Waals surface area (Å²) < 4.78 is 14.2. The maximum absolute atomic E-state index is 12.7. The standard InChI is InChI=1S/C6H6FN3/c7-5-3-9-6-4-8-1-2-10(5)6/h3-4H,1-2H2. The highest BCUT2D eigenvalue weighted by Gasteiger charge is 2.09. The van der Waals surface area contributed by atoms with Crippen molar-refractivity contribution in [3.05, 3.63) is 18.0 Å². The molecular weight excluding hydrogens is 133 g/mol. The summed E-state index contributed by atoms with van der Waals surface area (Å²) in [5, 5.41) is 0. The number of nitrogens with zero attached hydrogens (tertiary/aromatic N) is 3. The lowest BCUT2D eigenvalue weighted by Crippen LogP contribution is -2.12. The van der Waals surface area contributed by atoms with E-state index in [-0.39, 0.29) is 5.95 Å². The molecule has 0 saturated carbocycles. The molecule has 0 spiro atoms. The van der Waals surface area contributed by atoms with Gasteiger partial charge in [0.05, 0.1) is 19.0 Å². The molecule has 0 amide bonds. The Hall–Kier alpha value is -1.19. The van der Waals surface area contributed by atoms with Gasteiger partial charge in [-0.1, -0.05) is 0 Å². The van der Waals surface area contributed by atoms with Crippen LogP contribution in [0.5, 0.6) is 0 Å². The Labute approximate surface area is 57.2 Å². The third kappa shape index (κ3) is 0.650. The van der Waals surface area contributed by atoms with Crippen LogP contribution in [-0.2, 0) is 6.54 Å². The molecule has 0 radical (unpaired) electrons. The van der Waals surface area contributed by atoms with Crippen molar-refractivity contribution < 1.29 is 4.39 Å². The Morgan fingerprint density at radius 1 is 1.60 bits per heavy atom. The number of aliphatic imine (C=N–C) groups is 1. The predicted molar refractivity (Wildman–Crippen MR) is 34.6 cm³/mol. The van der Waals surface area contributed by atoms with Gasteiger partial charge in [-0.15, -0.1) is 0 Å². The van der Waals surface area contributed by atoms with Gasteiger partial charge in [0.1, 0.15) is 0 Å². The summed E-state index contributed by atoms with van der Waals surface area (Å²) in [7, 11) is 0. The van der Waals surface area contributed by atoms with E-state index in [9.17, 15) is 4.39 Å². The van der Waals surface area contributed by atoms with E-state index >= 15 is 0 Å². The van der Waals surface area contributed by atoms with Crippen LogP contribution in [0.1, 0.15) is 5.82 Å². The van der Waals surface area contributed by atoms with Crippen molar-refractivity contribution in [3.8, 4) is 0 Å². The third-order valence-electron chi connectivity index (χ3n) is 1.50. The Kier molecular flexibility index (Phi) is 1.06. The van der Waals surface area contributed by atoms with E-state index in [1.54, 1.807) is 6.21 Å². The molecule has 1 aromatic heterocycles. The Balaban J connectivity index is 2.57. The lowest BCUT2D eigenvalue weighted by Gasteiger charge is -2.06. The molecule has 2 rings (SSSR count). The number of rotatable bonds is 0. The second kappa shape index (κ2) is 1.90. The second-order valence-electron chi connectivity index (χ2n) is 2.13. The molecule has 0 fully saturated rings. The molecule has 52 valence electrons. The Morgan fingerprint density at radius 2 is 2.50 bits per heavy atom. The zero-order chi connectivity index (χ0) is 6.97. The molecule has 0 bridgehead atoms. The third-order valence-corrected chi connectivity index (χ3v) is 1.50. The maximum Gasteiger partial charge on any atom is 0.213 e. The van der Waals surface area contributed by atoms with E-state index < -0.39 is 0 Å². The van der Waals surface area contributed by atoms with Crippen LogP contribution in [0, 0.1) is 5.95 Å². The quantitative estimate of drug-likeness (QED) is 0.513. The van der Waals surface area contributed by atoms with E-state index in [1.807, 2.05) is 0 Å². The normalized spacial score (nSPS) is 15.3. The van der Waals surface area contributed by atoms with Gasteiger partial charge in [-0.25, -0.2) is 4.98 Å². The molecule has 4 heteroatoms. The van der Waals surface area contributed by atoms with Crippen molar-refractivity contribution in [2.24, 2.45) is 4.99 Å². The largest absolute Gasteiger partial charge is 0.298 e. The van der Waals surface area contributed by atoms with Crippen LogP contribution in [0.4, 0.5) is 4.39 Å². The molecule has 10 heavy (non-hydrogen) atoms. The van der Waals surface area contributed by atoms with E-state index in [0.29, 0.717) is 18.9 Å². The van der Waals surface area contributed by atoms with Gasteiger partial charge in [0.2, 0.25) is 5.95 Å². The molecule has 3 nitrogen and oxygen atoms in total. The first-order valence-corrected chi connectivity index (χ1v) is 3.09. The van der Waals surface area contributed by atoms with Crippen molar-refractivity contribution in [3.63, 3.8) is 0 Å². The molecule has 1 aliphatic rings. The molecule has 0 N–H and O–H groups in total. The van der Waals surface area contributed by atoms with Crippen LogP contribution in [0.25, 0.3) is 0 Å². The Bertz CT molecular complexity index is 277. The highest BCUT2D eigenvalue weighted by Crippen LogP contribution is 2.04. The number of aromatic nitrogens is 2. The fourth-order valence-corrected chi connectivity index (χ4v) is 0.997. The lowest BCUT2D eigenvalue weighted by atomic mass is 10.5. The lowest BCUT2D eigenvalue weighted by molar-refractivity contribution is 0.494. The summed E-state index contributed by atoms with van der Waals surface area (Å²) in [5.74, 6) is 0.338. The highest BCUT2D eigenvalue weighted by molar-refractivity contribution is 5.75. The first kappa shape index (κ1) is 5.58. The summed E-state index contributed by atoms with van der Waals surface area (Å²) >= 11 is 0. The van der Waals surface area contributed by atoms with Gasteiger partial charge in [-0.3, -0.25) is 9.56 Å². The number of hydrogen-bond donors (Lipinski definition) is 0. The number of fused-ring (bicyclic) bond motifs is 1. The smallest absolute Gasteiger partial charge is 0.213 e. The molecular formula is C6H6FN3. The highest BCUT2D eigenvalue weighted by atomic mass is 19.1. The van der Waals surface area contributed by atoms with Gasteiger partial charge in [0.25, 0.3) is 0 Å². The number of imidazole rings is 1. The van der Waals surface area contributed by atoms with E-state index in [1.165, 1.54) is 10.8 Å². The van der Waals surface area contributed by atoms with Gasteiger partial charge >= 0.3 is 0 Å². The minimum atomic E-state index is -0.277. The monoisotopic (exact) mass is 139 g/mol. The summed E-state index contributed by atoms with van der Waals surface area (Å²) in [6.45, 7) is 1.26. The average Bonchev–Trinajstić information content (AvgIpc) is 2.34. The summed E-state index contributed by atoms with van der Waals surface area (Å²) in [6, 6.07) is 0.